The first-order valence-corrected chi connectivity index (χ1v) is 14.8. The van der Waals surface area contributed by atoms with Gasteiger partial charge in [-0.15, -0.1) is 0 Å². The maximum absolute atomic E-state index is 13.5. The highest BCUT2D eigenvalue weighted by Crippen LogP contribution is 2.34. The van der Waals surface area contributed by atoms with Crippen LogP contribution in [0, 0.1) is 0 Å². The zero-order valence-corrected chi connectivity index (χ0v) is 25.3. The van der Waals surface area contributed by atoms with E-state index < -0.39 is 5.91 Å². The number of nitrogen functional groups attached to an aromatic ring is 1. The van der Waals surface area contributed by atoms with Crippen molar-refractivity contribution in [3.63, 3.8) is 0 Å². The zero-order chi connectivity index (χ0) is 31.5. The summed E-state index contributed by atoms with van der Waals surface area (Å²) in [5, 5.41) is 3.76. The lowest BCUT2D eigenvalue weighted by Crippen LogP contribution is -2.32. The number of nitrogens with zero attached hydrogens (tertiary/aromatic N) is 2. The number of aromatic nitrogens is 1. The van der Waals surface area contributed by atoms with Crippen molar-refractivity contribution in [2.24, 2.45) is 5.73 Å². The van der Waals surface area contributed by atoms with Gasteiger partial charge >= 0.3 is 0 Å². The van der Waals surface area contributed by atoms with E-state index in [4.69, 9.17) is 25.9 Å². The summed E-state index contributed by atoms with van der Waals surface area (Å²) in [7, 11) is 3.32. The van der Waals surface area contributed by atoms with Gasteiger partial charge in [-0.3, -0.25) is 14.5 Å². The highest BCUT2D eigenvalue weighted by molar-refractivity contribution is 6.11. The fourth-order valence-electron chi connectivity index (χ4n) is 5.84. The number of primary amides is 1. The molecule has 0 saturated carbocycles. The molecule has 0 radical (unpaired) electrons. The quantitative estimate of drug-likeness (QED) is 0.191. The molecule has 9 nitrogen and oxygen atoms in total. The fourth-order valence-corrected chi connectivity index (χ4v) is 5.84. The number of carbonyl (C=O) groups excluding carboxylic acids is 2. The number of nitrogens with two attached hydrogens (primary N) is 2. The van der Waals surface area contributed by atoms with Crippen molar-refractivity contribution in [2.45, 2.75) is 19.4 Å². The largest absolute Gasteiger partial charge is 0.493 e. The third-order valence-electron chi connectivity index (χ3n) is 8.26. The molecule has 1 aromatic heterocycles. The molecule has 1 aliphatic rings. The number of hydrogen-bond acceptors (Lipinski definition) is 7. The average Bonchev–Trinajstić information content (AvgIpc) is 3.06. The Hall–Kier alpha value is -5.41. The molecule has 0 spiro atoms. The van der Waals surface area contributed by atoms with E-state index in [-0.39, 0.29) is 11.5 Å². The Morgan fingerprint density at radius 3 is 2.36 bits per heavy atom. The molecule has 0 unspecified atom stereocenters. The van der Waals surface area contributed by atoms with Gasteiger partial charge in [-0.25, -0.2) is 4.98 Å². The van der Waals surface area contributed by atoms with Gasteiger partial charge in [-0.1, -0.05) is 30.3 Å². The van der Waals surface area contributed by atoms with Crippen molar-refractivity contribution in [1.29, 1.82) is 0 Å². The van der Waals surface area contributed by atoms with Crippen LogP contribution in [0.25, 0.3) is 22.2 Å². The number of anilines is 2. The highest BCUT2D eigenvalue weighted by atomic mass is 16.5. The smallest absolute Gasteiger partial charge is 0.256 e. The predicted octanol–water partition coefficient (Wildman–Crippen LogP) is 5.45. The van der Waals surface area contributed by atoms with E-state index in [2.05, 4.69) is 22.3 Å². The first-order chi connectivity index (χ1) is 21.8. The molecule has 0 bridgehead atoms. The van der Waals surface area contributed by atoms with E-state index in [1.165, 1.54) is 16.7 Å². The van der Waals surface area contributed by atoms with E-state index >= 15 is 0 Å². The molecule has 0 saturated heterocycles. The third kappa shape index (κ3) is 6.30. The minimum absolute atomic E-state index is 0.216. The van der Waals surface area contributed by atoms with E-state index in [1.54, 1.807) is 38.5 Å². The van der Waals surface area contributed by atoms with Crippen molar-refractivity contribution >= 4 is 34.1 Å². The van der Waals surface area contributed by atoms with Crippen LogP contribution in [0.2, 0.25) is 0 Å². The molecule has 0 fully saturated rings. The zero-order valence-electron chi connectivity index (χ0n) is 25.3. The van der Waals surface area contributed by atoms with Crippen LogP contribution < -0.4 is 26.3 Å². The third-order valence-corrected chi connectivity index (χ3v) is 8.26. The summed E-state index contributed by atoms with van der Waals surface area (Å²) in [6.07, 6.45) is 1.84. The molecule has 9 heteroatoms. The Morgan fingerprint density at radius 2 is 1.62 bits per heavy atom. The molecule has 0 atom stereocenters. The number of ether oxygens (including phenoxy) is 2. The number of methoxy groups -OCH3 is 2. The van der Waals surface area contributed by atoms with Crippen LogP contribution >= 0.6 is 0 Å². The summed E-state index contributed by atoms with van der Waals surface area (Å²) < 4.78 is 11.0. The van der Waals surface area contributed by atoms with Gasteiger partial charge in [-0.05, 0) is 84.1 Å². The van der Waals surface area contributed by atoms with E-state index in [9.17, 15) is 9.59 Å². The number of benzene rings is 4. The first kappa shape index (κ1) is 29.7. The number of rotatable bonds is 9. The van der Waals surface area contributed by atoms with E-state index in [0.717, 1.165) is 49.4 Å². The molecule has 228 valence electrons. The second kappa shape index (κ2) is 12.7. The second-order valence-electron chi connectivity index (χ2n) is 11.1. The normalized spacial score (nSPS) is 12.8. The maximum Gasteiger partial charge on any atom is 0.256 e. The number of nitrogens with one attached hydrogen (secondary N) is 1. The molecule has 2 amide bonds. The predicted molar refractivity (Wildman–Crippen MR) is 177 cm³/mol. The Bertz CT molecular complexity index is 1900. The number of para-hydroxylation sites is 1. The summed E-state index contributed by atoms with van der Waals surface area (Å²) in [6, 6.07) is 26.1. The summed E-state index contributed by atoms with van der Waals surface area (Å²) in [5.74, 6) is 0.539. The van der Waals surface area contributed by atoms with Crippen LogP contribution in [-0.4, -0.2) is 49.0 Å². The molecular formula is C36H35N5O4. The van der Waals surface area contributed by atoms with Gasteiger partial charge in [0.2, 0.25) is 0 Å². The molecule has 0 aliphatic carbocycles. The van der Waals surface area contributed by atoms with Gasteiger partial charge in [-0.2, -0.15) is 0 Å². The van der Waals surface area contributed by atoms with Crippen LogP contribution in [0.3, 0.4) is 0 Å². The van der Waals surface area contributed by atoms with Crippen molar-refractivity contribution in [3.8, 4) is 22.8 Å². The molecular weight excluding hydrogens is 566 g/mol. The van der Waals surface area contributed by atoms with Gasteiger partial charge in [0.25, 0.3) is 11.8 Å². The lowest BCUT2D eigenvalue weighted by Gasteiger charge is -2.29. The lowest BCUT2D eigenvalue weighted by atomic mass is 9.97. The Kier molecular flexibility index (Phi) is 8.35. The van der Waals surface area contributed by atoms with E-state index in [1.807, 2.05) is 48.5 Å². The van der Waals surface area contributed by atoms with E-state index in [0.29, 0.717) is 33.7 Å². The molecule has 4 aromatic carbocycles. The Morgan fingerprint density at radius 1 is 0.889 bits per heavy atom. The van der Waals surface area contributed by atoms with Crippen LogP contribution in [0.4, 0.5) is 11.4 Å². The van der Waals surface area contributed by atoms with Gasteiger partial charge in [0.05, 0.1) is 31.0 Å². The van der Waals surface area contributed by atoms with Crippen LogP contribution in [0.1, 0.15) is 37.4 Å². The summed E-state index contributed by atoms with van der Waals surface area (Å²) >= 11 is 0. The summed E-state index contributed by atoms with van der Waals surface area (Å²) in [4.78, 5) is 33.1. The second-order valence-corrected chi connectivity index (χ2v) is 11.1. The monoisotopic (exact) mass is 601 g/mol. The summed E-state index contributed by atoms with van der Waals surface area (Å²) in [6.45, 7) is 2.75. The molecule has 5 N–H and O–H groups in total. The first-order valence-electron chi connectivity index (χ1n) is 14.8. The van der Waals surface area contributed by atoms with Gasteiger partial charge in [0.15, 0.2) is 11.5 Å². The molecule has 1 aliphatic heterocycles. The Balaban J connectivity index is 1.15. The van der Waals surface area contributed by atoms with Crippen molar-refractivity contribution in [1.82, 2.24) is 9.88 Å². The number of carbonyl (C=O) groups is 2. The highest BCUT2D eigenvalue weighted by Gasteiger charge is 2.21. The molecule has 2 heterocycles. The Labute approximate surface area is 261 Å². The molecule has 6 rings (SSSR count). The van der Waals surface area contributed by atoms with Gasteiger partial charge in [0, 0.05) is 47.5 Å². The van der Waals surface area contributed by atoms with Crippen molar-refractivity contribution < 1.29 is 19.1 Å². The standard InChI is InChI=1S/C36H35N5O4/c1-44-32-18-23-14-16-41(21-25(23)19-33(32)45-2)15-13-22-7-10-27(11-8-22)39-36(43)28-12-9-26(37)20-29(28)34-30(35(38)42)17-24-5-3-4-6-31(24)40-34/h3-12,17-20H,13-16,21,37H2,1-2H3,(H2,38,42)(H,39,43). The topological polar surface area (TPSA) is 133 Å². The van der Waals surface area contributed by atoms with Gasteiger partial charge < -0.3 is 26.3 Å². The molecule has 45 heavy (non-hydrogen) atoms. The number of hydrogen-bond donors (Lipinski definition) is 3. The average molecular weight is 602 g/mol. The number of amides is 2. The van der Waals surface area contributed by atoms with Crippen molar-refractivity contribution in [3.05, 3.63) is 113 Å². The number of pyridine rings is 1. The minimum Gasteiger partial charge on any atom is -0.493 e. The minimum atomic E-state index is -0.638. The lowest BCUT2D eigenvalue weighted by molar-refractivity contribution is 0.0997. The fraction of sp³-hybridized carbons (Fsp3) is 0.194. The maximum atomic E-state index is 13.5. The SMILES string of the molecule is COc1cc2c(cc1OC)CN(CCc1ccc(NC(=O)c3ccc(N)cc3-c3nc4ccccc4cc3C(N)=O)cc1)CC2. The number of fused-ring (bicyclic) bond motifs is 2. The van der Waals surface area contributed by atoms with Crippen LogP contribution in [-0.2, 0) is 19.4 Å². The van der Waals surface area contributed by atoms with Gasteiger partial charge in [0.1, 0.15) is 0 Å². The van der Waals surface area contributed by atoms with Crippen molar-refractivity contribution in [2.75, 3.05) is 38.4 Å². The van der Waals surface area contributed by atoms with Crippen LogP contribution in [0.5, 0.6) is 11.5 Å². The summed E-state index contributed by atoms with van der Waals surface area (Å²) in [5.41, 5.74) is 18.7. The molecule has 5 aromatic rings. The van der Waals surface area contributed by atoms with Crippen LogP contribution in [0.15, 0.2) is 84.9 Å².